The monoisotopic (exact) mass is 387 g/mol. The molecule has 27 heavy (non-hydrogen) atoms. The molecular formula is C21H29N3O2S. The van der Waals surface area contributed by atoms with E-state index in [1.807, 2.05) is 7.05 Å². The van der Waals surface area contributed by atoms with Crippen LogP contribution in [0.15, 0.2) is 29.7 Å². The van der Waals surface area contributed by atoms with Gasteiger partial charge in [-0.05, 0) is 42.7 Å². The van der Waals surface area contributed by atoms with Crippen molar-refractivity contribution in [3.63, 3.8) is 0 Å². The fourth-order valence-corrected chi connectivity index (χ4v) is 4.96. The summed E-state index contributed by atoms with van der Waals surface area (Å²) in [5.41, 5.74) is 1.96. The van der Waals surface area contributed by atoms with Crippen LogP contribution in [0.1, 0.15) is 29.8 Å². The van der Waals surface area contributed by atoms with Crippen molar-refractivity contribution in [3.05, 3.63) is 35.4 Å². The highest BCUT2D eigenvalue weighted by atomic mass is 32.1. The first kappa shape index (κ1) is 18.7. The van der Waals surface area contributed by atoms with E-state index in [4.69, 9.17) is 4.74 Å². The summed E-state index contributed by atoms with van der Waals surface area (Å²) in [7, 11) is 2.01. The van der Waals surface area contributed by atoms with Crippen molar-refractivity contribution in [3.8, 4) is 0 Å². The zero-order valence-electron chi connectivity index (χ0n) is 16.1. The number of hydrogen-bond acceptors (Lipinski definition) is 4. The number of thiophene rings is 1. The number of rotatable bonds is 6. The lowest BCUT2D eigenvalue weighted by Crippen LogP contribution is -2.44. The van der Waals surface area contributed by atoms with Gasteiger partial charge in [-0.15, -0.1) is 11.3 Å². The average Bonchev–Trinajstić information content (AvgIpc) is 3.29. The van der Waals surface area contributed by atoms with Crippen LogP contribution >= 0.6 is 11.3 Å². The smallest absolute Gasteiger partial charge is 0.270 e. The molecule has 0 unspecified atom stereocenters. The molecule has 4 rings (SSSR count). The lowest BCUT2D eigenvalue weighted by atomic mass is 9.94. The number of aryl methyl sites for hydroxylation is 1. The summed E-state index contributed by atoms with van der Waals surface area (Å²) < 4.78 is 8.70. The highest BCUT2D eigenvalue weighted by molar-refractivity contribution is 7.17. The third-order valence-electron chi connectivity index (χ3n) is 5.82. The highest BCUT2D eigenvalue weighted by Crippen LogP contribution is 2.26. The first-order valence-electron chi connectivity index (χ1n) is 9.99. The molecule has 2 aromatic rings. The predicted octanol–water partition coefficient (Wildman–Crippen LogP) is 3.37. The van der Waals surface area contributed by atoms with E-state index >= 15 is 0 Å². The van der Waals surface area contributed by atoms with Crippen molar-refractivity contribution >= 4 is 27.5 Å². The number of allylic oxidation sites excluding steroid dienone is 2. The maximum absolute atomic E-state index is 13.4. The van der Waals surface area contributed by atoms with Crippen molar-refractivity contribution in [1.82, 2.24) is 14.4 Å². The van der Waals surface area contributed by atoms with Crippen LogP contribution in [0.3, 0.4) is 0 Å². The lowest BCUT2D eigenvalue weighted by molar-refractivity contribution is 0.0313. The third-order valence-corrected chi connectivity index (χ3v) is 6.67. The van der Waals surface area contributed by atoms with Gasteiger partial charge in [-0.3, -0.25) is 9.69 Å². The van der Waals surface area contributed by atoms with E-state index in [1.54, 1.807) is 11.3 Å². The largest absolute Gasteiger partial charge is 0.379 e. The minimum Gasteiger partial charge on any atom is -0.379 e. The third kappa shape index (κ3) is 4.28. The Morgan fingerprint density at radius 2 is 2.19 bits per heavy atom. The van der Waals surface area contributed by atoms with Gasteiger partial charge >= 0.3 is 0 Å². The first-order chi connectivity index (χ1) is 13.2. The Labute approximate surface area is 165 Å². The zero-order valence-corrected chi connectivity index (χ0v) is 16.9. The van der Waals surface area contributed by atoms with Gasteiger partial charge in [0.2, 0.25) is 0 Å². The second-order valence-electron chi connectivity index (χ2n) is 7.61. The molecule has 6 heteroatoms. The number of carbonyl (C=O) groups excluding carboxylic acids is 1. The van der Waals surface area contributed by atoms with Crippen LogP contribution in [0.5, 0.6) is 0 Å². The number of carbonyl (C=O) groups is 1. The van der Waals surface area contributed by atoms with Gasteiger partial charge in [-0.1, -0.05) is 12.2 Å². The summed E-state index contributed by atoms with van der Waals surface area (Å²) in [6.07, 6.45) is 7.94. The maximum Gasteiger partial charge on any atom is 0.270 e. The molecule has 2 aromatic heterocycles. The molecule has 1 amide bonds. The zero-order chi connectivity index (χ0) is 18.6. The lowest BCUT2D eigenvalue weighted by Gasteiger charge is -2.32. The standard InChI is InChI=1S/C21H29N3O2S/c1-22-18-7-14-27-20(18)15-19(22)21(25)24(16-17-5-3-2-4-6-17)9-8-23-10-12-26-13-11-23/h2-3,7,14-15,17H,4-6,8-13,16H2,1H3/t17-/m0/s1. The number of aromatic nitrogens is 1. The molecule has 146 valence electrons. The van der Waals surface area contributed by atoms with E-state index < -0.39 is 0 Å². The number of morpholine rings is 1. The predicted molar refractivity (Wildman–Crippen MR) is 110 cm³/mol. The molecule has 2 aliphatic rings. The molecule has 3 heterocycles. The van der Waals surface area contributed by atoms with Crippen LogP contribution in [0.4, 0.5) is 0 Å². The first-order valence-corrected chi connectivity index (χ1v) is 10.9. The van der Waals surface area contributed by atoms with Crippen LogP contribution in [-0.2, 0) is 11.8 Å². The Morgan fingerprint density at radius 3 is 2.93 bits per heavy atom. The molecule has 1 aliphatic carbocycles. The van der Waals surface area contributed by atoms with Crippen LogP contribution in [0, 0.1) is 5.92 Å². The van der Waals surface area contributed by atoms with Crippen LogP contribution < -0.4 is 0 Å². The topological polar surface area (TPSA) is 37.7 Å². The van der Waals surface area contributed by atoms with Gasteiger partial charge in [0.25, 0.3) is 5.91 Å². The van der Waals surface area contributed by atoms with Gasteiger partial charge in [0.05, 0.1) is 23.4 Å². The maximum atomic E-state index is 13.4. The van der Waals surface area contributed by atoms with Crippen molar-refractivity contribution in [2.75, 3.05) is 45.9 Å². The summed E-state index contributed by atoms with van der Waals surface area (Å²) in [6, 6.07) is 4.16. The molecule has 0 N–H and O–H groups in total. The van der Waals surface area contributed by atoms with Gasteiger partial charge in [0.1, 0.15) is 5.69 Å². The SMILES string of the molecule is Cn1c(C(=O)N(CCN2CCOCC2)C[C@H]2CC=CCC2)cc2sccc21. The molecule has 0 saturated carbocycles. The normalized spacial score (nSPS) is 21.0. The Morgan fingerprint density at radius 1 is 1.33 bits per heavy atom. The Hall–Kier alpha value is -1.63. The molecule has 1 fully saturated rings. The van der Waals surface area contributed by atoms with Gasteiger partial charge in [-0.2, -0.15) is 0 Å². The van der Waals surface area contributed by atoms with Crippen molar-refractivity contribution in [1.29, 1.82) is 0 Å². The molecule has 5 nitrogen and oxygen atoms in total. The molecule has 0 aromatic carbocycles. The minimum atomic E-state index is 0.170. The Bertz CT molecular complexity index is 804. The molecule has 1 aliphatic heterocycles. The van der Waals surface area contributed by atoms with Crippen LogP contribution in [-0.4, -0.2) is 66.2 Å². The van der Waals surface area contributed by atoms with Gasteiger partial charge < -0.3 is 14.2 Å². The van der Waals surface area contributed by atoms with E-state index in [0.717, 1.165) is 70.0 Å². The fourth-order valence-electron chi connectivity index (χ4n) is 4.11. The number of fused-ring (bicyclic) bond motifs is 1. The second-order valence-corrected chi connectivity index (χ2v) is 8.56. The number of hydrogen-bond donors (Lipinski definition) is 0. The van der Waals surface area contributed by atoms with Crippen molar-refractivity contribution in [2.45, 2.75) is 19.3 Å². The molecule has 0 spiro atoms. The summed E-state index contributed by atoms with van der Waals surface area (Å²) >= 11 is 1.70. The van der Waals surface area contributed by atoms with Crippen LogP contribution in [0.25, 0.3) is 10.2 Å². The summed E-state index contributed by atoms with van der Waals surface area (Å²) in [6.45, 7) is 6.10. The summed E-state index contributed by atoms with van der Waals surface area (Å²) in [5, 5.41) is 2.09. The van der Waals surface area contributed by atoms with E-state index in [-0.39, 0.29) is 5.91 Å². The molecule has 0 radical (unpaired) electrons. The molecule has 0 bridgehead atoms. The molecular weight excluding hydrogens is 358 g/mol. The van der Waals surface area contributed by atoms with Crippen molar-refractivity contribution < 1.29 is 9.53 Å². The molecule has 1 atom stereocenters. The minimum absolute atomic E-state index is 0.170. The second kappa shape index (κ2) is 8.59. The van der Waals surface area contributed by atoms with E-state index in [0.29, 0.717) is 5.92 Å². The quantitative estimate of drug-likeness (QED) is 0.713. The number of amides is 1. The Kier molecular flexibility index (Phi) is 5.95. The average molecular weight is 388 g/mol. The van der Waals surface area contributed by atoms with Gasteiger partial charge in [-0.25, -0.2) is 0 Å². The van der Waals surface area contributed by atoms with Gasteiger partial charge in [0.15, 0.2) is 0 Å². The summed E-state index contributed by atoms with van der Waals surface area (Å²) in [5.74, 6) is 0.744. The number of ether oxygens (including phenoxy) is 1. The van der Waals surface area contributed by atoms with Crippen molar-refractivity contribution in [2.24, 2.45) is 13.0 Å². The molecule has 1 saturated heterocycles. The van der Waals surface area contributed by atoms with Crippen LogP contribution in [0.2, 0.25) is 0 Å². The summed E-state index contributed by atoms with van der Waals surface area (Å²) in [4.78, 5) is 17.9. The van der Waals surface area contributed by atoms with E-state index in [1.165, 1.54) is 11.1 Å². The van der Waals surface area contributed by atoms with Gasteiger partial charge in [0, 0.05) is 39.8 Å². The Balaban J connectivity index is 1.49. The van der Waals surface area contributed by atoms with E-state index in [9.17, 15) is 4.79 Å². The van der Waals surface area contributed by atoms with E-state index in [2.05, 4.69) is 44.0 Å². The number of nitrogens with zero attached hydrogens (tertiary/aromatic N) is 3. The highest BCUT2D eigenvalue weighted by Gasteiger charge is 2.24. The fraction of sp³-hybridized carbons (Fsp3) is 0.571.